The normalized spacial score (nSPS) is 13.9. The summed E-state index contributed by atoms with van der Waals surface area (Å²) in [5.74, 6) is -1.61. The number of hydrogen-bond acceptors (Lipinski definition) is 5. The average molecular weight is 313 g/mol. The Morgan fingerprint density at radius 3 is 2.36 bits per heavy atom. The first kappa shape index (κ1) is 17.9. The second-order valence-electron chi connectivity index (χ2n) is 5.61. The third-order valence-corrected chi connectivity index (χ3v) is 2.67. The van der Waals surface area contributed by atoms with Gasteiger partial charge in [0.15, 0.2) is 6.04 Å². The minimum absolute atomic E-state index is 0.131. The maximum Gasteiger partial charge on any atom is 0.408 e. The third-order valence-electron chi connectivity index (χ3n) is 2.67. The van der Waals surface area contributed by atoms with E-state index in [1.165, 1.54) is 18.2 Å². The lowest BCUT2D eigenvalue weighted by molar-refractivity contribution is -0.146. The molecule has 0 fully saturated rings. The molecule has 0 bridgehead atoms. The summed E-state index contributed by atoms with van der Waals surface area (Å²) < 4.78 is 23.3. The van der Waals surface area contributed by atoms with Crippen LogP contribution in [0.25, 0.3) is 0 Å². The van der Waals surface area contributed by atoms with Crippen molar-refractivity contribution in [3.63, 3.8) is 0 Å². The Bertz CT molecular complexity index is 541. The van der Waals surface area contributed by atoms with Crippen molar-refractivity contribution in [1.82, 2.24) is 5.32 Å². The number of nitrogens with one attached hydrogen (secondary N) is 1. The van der Waals surface area contributed by atoms with Gasteiger partial charge in [0.2, 0.25) is 0 Å². The molecule has 1 aromatic rings. The van der Waals surface area contributed by atoms with Gasteiger partial charge in [-0.1, -0.05) is 18.2 Å². The largest absolute Gasteiger partial charge is 0.467 e. The maximum absolute atomic E-state index is 13.7. The molecule has 0 saturated carbocycles. The van der Waals surface area contributed by atoms with E-state index < -0.39 is 35.6 Å². The fourth-order valence-electron chi connectivity index (χ4n) is 1.72. The number of benzene rings is 1. The fraction of sp³-hybridized carbons (Fsp3) is 0.467. The first-order valence-corrected chi connectivity index (χ1v) is 6.65. The van der Waals surface area contributed by atoms with E-state index in [-0.39, 0.29) is 5.56 Å². The average Bonchev–Trinajstić information content (AvgIpc) is 2.42. The molecule has 7 heteroatoms. The number of rotatable bonds is 4. The van der Waals surface area contributed by atoms with Gasteiger partial charge in [0, 0.05) is 5.56 Å². The van der Waals surface area contributed by atoms with Crippen LogP contribution in [0.15, 0.2) is 24.3 Å². The number of carbonyl (C=O) groups excluding carboxylic acids is 2. The molecule has 0 aliphatic heterocycles. The number of amides is 1. The predicted octanol–water partition coefficient (Wildman–Crippen LogP) is 1.93. The number of ether oxygens (including phenoxy) is 2. The zero-order valence-corrected chi connectivity index (χ0v) is 12.9. The minimum atomic E-state index is -1.61. The van der Waals surface area contributed by atoms with E-state index in [4.69, 9.17) is 4.74 Å². The van der Waals surface area contributed by atoms with Crippen molar-refractivity contribution >= 4 is 12.1 Å². The summed E-state index contributed by atoms with van der Waals surface area (Å²) in [6, 6.07) is 3.91. The molecule has 2 atom stereocenters. The van der Waals surface area contributed by atoms with E-state index in [1.54, 1.807) is 20.8 Å². The Labute approximate surface area is 128 Å². The Morgan fingerprint density at radius 1 is 1.27 bits per heavy atom. The van der Waals surface area contributed by atoms with Crippen LogP contribution in [-0.4, -0.2) is 35.9 Å². The molecular formula is C15H20FNO5. The van der Waals surface area contributed by atoms with Crippen LogP contribution in [0.3, 0.4) is 0 Å². The molecule has 2 N–H and O–H groups in total. The molecule has 0 aliphatic rings. The van der Waals surface area contributed by atoms with Crippen LogP contribution >= 0.6 is 0 Å². The van der Waals surface area contributed by atoms with E-state index in [0.29, 0.717) is 0 Å². The third kappa shape index (κ3) is 5.00. The first-order valence-electron chi connectivity index (χ1n) is 6.65. The lowest BCUT2D eigenvalue weighted by atomic mass is 10.0. The van der Waals surface area contributed by atoms with Crippen LogP contribution in [-0.2, 0) is 14.3 Å². The molecule has 22 heavy (non-hydrogen) atoms. The molecule has 0 radical (unpaired) electrons. The van der Waals surface area contributed by atoms with Gasteiger partial charge >= 0.3 is 12.1 Å². The summed E-state index contributed by atoms with van der Waals surface area (Å²) in [4.78, 5) is 23.5. The Kier molecular flexibility index (Phi) is 5.87. The van der Waals surface area contributed by atoms with Crippen LogP contribution in [0, 0.1) is 5.82 Å². The van der Waals surface area contributed by atoms with Crippen LogP contribution in [0.2, 0.25) is 0 Å². The number of hydrogen-bond donors (Lipinski definition) is 2. The topological polar surface area (TPSA) is 84.9 Å². The number of esters is 1. The van der Waals surface area contributed by atoms with Crippen LogP contribution < -0.4 is 5.32 Å². The van der Waals surface area contributed by atoms with Crippen molar-refractivity contribution in [3.8, 4) is 0 Å². The minimum Gasteiger partial charge on any atom is -0.467 e. The smallest absolute Gasteiger partial charge is 0.408 e. The van der Waals surface area contributed by atoms with Gasteiger partial charge in [-0.05, 0) is 26.8 Å². The zero-order valence-electron chi connectivity index (χ0n) is 12.9. The molecule has 1 amide bonds. The number of halogens is 1. The highest BCUT2D eigenvalue weighted by Crippen LogP contribution is 2.21. The molecule has 0 saturated heterocycles. The van der Waals surface area contributed by atoms with Crippen LogP contribution in [0.5, 0.6) is 0 Å². The lowest BCUT2D eigenvalue weighted by Gasteiger charge is -2.25. The SMILES string of the molecule is COC(=O)[C@H](NC(=O)OC(C)(C)C)[C@@H](O)c1ccccc1F. The van der Waals surface area contributed by atoms with Crippen molar-refractivity contribution in [2.75, 3.05) is 7.11 Å². The van der Waals surface area contributed by atoms with Crippen molar-refractivity contribution in [1.29, 1.82) is 0 Å². The van der Waals surface area contributed by atoms with Crippen LogP contribution in [0.4, 0.5) is 9.18 Å². The fourth-order valence-corrected chi connectivity index (χ4v) is 1.72. The maximum atomic E-state index is 13.7. The van der Waals surface area contributed by atoms with Crippen molar-refractivity contribution < 1.29 is 28.6 Å². The van der Waals surface area contributed by atoms with Crippen LogP contribution in [0.1, 0.15) is 32.4 Å². The molecule has 122 valence electrons. The quantitative estimate of drug-likeness (QED) is 0.830. The monoisotopic (exact) mass is 313 g/mol. The highest BCUT2D eigenvalue weighted by Gasteiger charge is 2.33. The molecule has 0 aliphatic carbocycles. The molecule has 1 rings (SSSR count). The second kappa shape index (κ2) is 7.22. The van der Waals surface area contributed by atoms with Gasteiger partial charge in [-0.25, -0.2) is 14.0 Å². The molecule has 0 spiro atoms. The van der Waals surface area contributed by atoms with Crippen molar-refractivity contribution in [3.05, 3.63) is 35.6 Å². The van der Waals surface area contributed by atoms with Gasteiger partial charge in [-0.15, -0.1) is 0 Å². The van der Waals surface area contributed by atoms with E-state index in [1.807, 2.05) is 0 Å². The summed E-state index contributed by atoms with van der Waals surface area (Å²) in [5.41, 5.74) is -0.915. The van der Waals surface area contributed by atoms with E-state index >= 15 is 0 Å². The summed E-state index contributed by atoms with van der Waals surface area (Å²) >= 11 is 0. The summed E-state index contributed by atoms with van der Waals surface area (Å²) in [5, 5.41) is 12.4. The molecule has 6 nitrogen and oxygen atoms in total. The van der Waals surface area contributed by atoms with Gasteiger partial charge in [-0.3, -0.25) is 0 Å². The highest BCUT2D eigenvalue weighted by atomic mass is 19.1. The zero-order chi connectivity index (χ0) is 16.9. The summed E-state index contributed by atoms with van der Waals surface area (Å²) in [7, 11) is 1.10. The van der Waals surface area contributed by atoms with Crippen molar-refractivity contribution in [2.45, 2.75) is 38.5 Å². The van der Waals surface area contributed by atoms with Crippen molar-refractivity contribution in [2.24, 2.45) is 0 Å². The molecule has 0 heterocycles. The first-order chi connectivity index (χ1) is 10.2. The van der Waals surface area contributed by atoms with Gasteiger partial charge in [-0.2, -0.15) is 0 Å². The number of aliphatic hydroxyl groups excluding tert-OH is 1. The Balaban J connectivity index is 2.96. The van der Waals surface area contributed by atoms with Gasteiger partial charge in [0.25, 0.3) is 0 Å². The number of alkyl carbamates (subject to hydrolysis) is 1. The standard InChI is InChI=1S/C15H20FNO5/c1-15(2,3)22-14(20)17-11(13(19)21-4)12(18)9-7-5-6-8-10(9)16/h5-8,11-12,18H,1-4H3,(H,17,20)/t11-,12+/m1/s1. The molecule has 0 aromatic heterocycles. The molecule has 1 aromatic carbocycles. The van der Waals surface area contributed by atoms with Gasteiger partial charge in [0.05, 0.1) is 7.11 Å². The van der Waals surface area contributed by atoms with E-state index in [0.717, 1.165) is 13.2 Å². The molecular weight excluding hydrogens is 293 g/mol. The lowest BCUT2D eigenvalue weighted by Crippen LogP contribution is -2.47. The number of carbonyl (C=O) groups is 2. The summed E-state index contributed by atoms with van der Waals surface area (Å²) in [6.45, 7) is 4.94. The number of methoxy groups -OCH3 is 1. The Morgan fingerprint density at radius 2 is 1.86 bits per heavy atom. The predicted molar refractivity (Wildman–Crippen MR) is 76.5 cm³/mol. The molecule has 0 unspecified atom stereocenters. The number of aliphatic hydroxyl groups is 1. The Hall–Kier alpha value is -2.15. The second-order valence-corrected chi connectivity index (χ2v) is 5.61. The van der Waals surface area contributed by atoms with Gasteiger partial charge in [0.1, 0.15) is 17.5 Å². The van der Waals surface area contributed by atoms with Gasteiger partial charge < -0.3 is 19.9 Å². The summed E-state index contributed by atoms with van der Waals surface area (Å²) in [6.07, 6.45) is -2.53. The van der Waals surface area contributed by atoms with E-state index in [2.05, 4.69) is 10.1 Å². The highest BCUT2D eigenvalue weighted by molar-refractivity contribution is 5.82. The van der Waals surface area contributed by atoms with E-state index in [9.17, 15) is 19.1 Å².